The fourth-order valence-corrected chi connectivity index (χ4v) is 5.23. The van der Waals surface area contributed by atoms with E-state index >= 15 is 0 Å². The molecule has 1 atom stereocenters. The molecule has 4 aromatic rings. The number of rotatable bonds is 5. The van der Waals surface area contributed by atoms with Gasteiger partial charge >= 0.3 is 0 Å². The molecule has 162 valence electrons. The van der Waals surface area contributed by atoms with Gasteiger partial charge in [-0.1, -0.05) is 17.3 Å². The highest BCUT2D eigenvalue weighted by molar-refractivity contribution is 7.89. The lowest BCUT2D eigenvalue weighted by molar-refractivity contribution is 0.100. The third-order valence-electron chi connectivity index (χ3n) is 5.33. The van der Waals surface area contributed by atoms with Crippen LogP contribution in [0.3, 0.4) is 0 Å². The monoisotopic (exact) mass is 441 g/mol. The first-order chi connectivity index (χ1) is 14.5. The molecular weight excluding hydrogens is 418 g/mol. The number of amides is 1. The first kappa shape index (κ1) is 21.1. The molecule has 8 nitrogen and oxygen atoms in total. The average Bonchev–Trinajstić information content (AvgIpc) is 3.16. The van der Waals surface area contributed by atoms with Crippen molar-refractivity contribution in [1.29, 1.82) is 0 Å². The zero-order valence-corrected chi connectivity index (χ0v) is 18.4. The van der Waals surface area contributed by atoms with Crippen molar-refractivity contribution in [2.45, 2.75) is 33.3 Å². The molecule has 0 aliphatic rings. The number of aliphatic hydroxyl groups is 1. The fraction of sp³-hybridized carbons (Fsp3) is 0.273. The molecule has 9 heteroatoms. The number of aromatic nitrogens is 2. The number of hydrogen-bond acceptors (Lipinski definition) is 6. The predicted octanol–water partition coefficient (Wildman–Crippen LogP) is 2.90. The summed E-state index contributed by atoms with van der Waals surface area (Å²) < 4.78 is 32.0. The van der Waals surface area contributed by atoms with Crippen LogP contribution < -0.4 is 5.73 Å². The third kappa shape index (κ3) is 3.49. The van der Waals surface area contributed by atoms with Crippen molar-refractivity contribution in [3.05, 3.63) is 52.9 Å². The number of hydrogen-bond donors (Lipinski definition) is 2. The molecule has 0 bridgehead atoms. The van der Waals surface area contributed by atoms with Gasteiger partial charge in [0.25, 0.3) is 5.91 Å². The largest absolute Gasteiger partial charge is 0.393 e. The van der Waals surface area contributed by atoms with E-state index in [-0.39, 0.29) is 11.1 Å². The Morgan fingerprint density at radius 3 is 2.48 bits per heavy atom. The molecule has 0 spiro atoms. The quantitative estimate of drug-likeness (QED) is 0.490. The topological polar surface area (TPSA) is 128 Å². The number of nitrogens with two attached hydrogens (primary N) is 1. The van der Waals surface area contributed by atoms with E-state index in [0.29, 0.717) is 39.7 Å². The van der Waals surface area contributed by atoms with Crippen LogP contribution in [0.1, 0.15) is 34.3 Å². The number of fused-ring (bicyclic) bond motifs is 3. The Morgan fingerprint density at radius 1 is 1.23 bits per heavy atom. The van der Waals surface area contributed by atoms with Crippen molar-refractivity contribution >= 4 is 37.7 Å². The molecule has 0 fully saturated rings. The van der Waals surface area contributed by atoms with Crippen LogP contribution in [0.5, 0.6) is 0 Å². The summed E-state index contributed by atoms with van der Waals surface area (Å²) in [5, 5.41) is 15.0. The molecule has 2 aromatic heterocycles. The average molecular weight is 442 g/mol. The van der Waals surface area contributed by atoms with Crippen LogP contribution >= 0.6 is 0 Å². The van der Waals surface area contributed by atoms with Crippen LogP contribution in [0, 0.1) is 13.8 Å². The highest BCUT2D eigenvalue weighted by atomic mass is 32.2. The van der Waals surface area contributed by atoms with Crippen LogP contribution in [-0.2, 0) is 16.4 Å². The normalized spacial score (nSPS) is 13.2. The highest BCUT2D eigenvalue weighted by Gasteiger charge is 2.25. The SMILES string of the molecule is Cc1noc(C)c1-c1cc(C(N)=O)c2c(c1)c1ccc(CC(C)O)cc1n2S(C)(=O)=O. The van der Waals surface area contributed by atoms with Crippen molar-refractivity contribution in [2.24, 2.45) is 5.73 Å². The summed E-state index contributed by atoms with van der Waals surface area (Å²) in [5.41, 5.74) is 9.26. The molecule has 1 unspecified atom stereocenters. The minimum atomic E-state index is -3.78. The summed E-state index contributed by atoms with van der Waals surface area (Å²) >= 11 is 0. The van der Waals surface area contributed by atoms with Gasteiger partial charge in [0, 0.05) is 16.3 Å². The van der Waals surface area contributed by atoms with E-state index in [4.69, 9.17) is 10.3 Å². The van der Waals surface area contributed by atoms with Crippen molar-refractivity contribution in [3.8, 4) is 11.1 Å². The second-order valence-electron chi connectivity index (χ2n) is 7.92. The van der Waals surface area contributed by atoms with Crippen molar-refractivity contribution in [3.63, 3.8) is 0 Å². The Bertz CT molecular complexity index is 1440. The molecule has 3 N–H and O–H groups in total. The summed E-state index contributed by atoms with van der Waals surface area (Å²) in [7, 11) is -3.78. The number of carbonyl (C=O) groups excluding carboxylic acids is 1. The van der Waals surface area contributed by atoms with Crippen LogP contribution in [0.25, 0.3) is 32.9 Å². The molecule has 0 saturated carbocycles. The standard InChI is InChI=1S/C22H23N3O5S/c1-11(26)7-14-5-6-16-17-9-15(20-12(2)24-30-13(20)3)10-18(22(23)27)21(17)25(19(16)8-14)31(4,28)29/h5-6,8-11,26H,7H2,1-4H3,(H2,23,27). The van der Waals surface area contributed by atoms with E-state index in [0.717, 1.165) is 21.4 Å². The first-order valence-corrected chi connectivity index (χ1v) is 11.6. The Balaban J connectivity index is 2.19. The second-order valence-corrected chi connectivity index (χ2v) is 9.75. The van der Waals surface area contributed by atoms with E-state index in [1.54, 1.807) is 39.0 Å². The number of benzene rings is 2. The lowest BCUT2D eigenvalue weighted by Gasteiger charge is -2.10. The maximum Gasteiger partial charge on any atom is 0.250 e. The fourth-order valence-electron chi connectivity index (χ4n) is 4.19. The van der Waals surface area contributed by atoms with Gasteiger partial charge in [-0.15, -0.1) is 0 Å². The molecule has 0 radical (unpaired) electrons. The molecule has 31 heavy (non-hydrogen) atoms. The van der Waals surface area contributed by atoms with Gasteiger partial charge in [-0.2, -0.15) is 0 Å². The highest BCUT2D eigenvalue weighted by Crippen LogP contribution is 2.38. The third-order valence-corrected chi connectivity index (χ3v) is 6.38. The summed E-state index contributed by atoms with van der Waals surface area (Å²) in [6.07, 6.45) is 0.870. The van der Waals surface area contributed by atoms with Gasteiger partial charge in [-0.3, -0.25) is 4.79 Å². The lowest BCUT2D eigenvalue weighted by atomic mass is 9.97. The van der Waals surface area contributed by atoms with Crippen LogP contribution in [0.2, 0.25) is 0 Å². The maximum absolute atomic E-state index is 12.8. The molecular formula is C22H23N3O5S. The van der Waals surface area contributed by atoms with Gasteiger partial charge in [-0.05, 0) is 56.5 Å². The van der Waals surface area contributed by atoms with Crippen LogP contribution in [0.15, 0.2) is 34.9 Å². The number of aryl methyl sites for hydroxylation is 2. The van der Waals surface area contributed by atoms with Gasteiger partial charge in [-0.25, -0.2) is 12.4 Å². The zero-order chi connectivity index (χ0) is 22.7. The van der Waals surface area contributed by atoms with E-state index in [9.17, 15) is 18.3 Å². The van der Waals surface area contributed by atoms with E-state index in [2.05, 4.69) is 5.16 Å². The summed E-state index contributed by atoms with van der Waals surface area (Å²) in [4.78, 5) is 12.4. The molecule has 0 saturated heterocycles. The van der Waals surface area contributed by atoms with Crippen LogP contribution in [0.4, 0.5) is 0 Å². The van der Waals surface area contributed by atoms with Gasteiger partial charge < -0.3 is 15.4 Å². The molecule has 1 amide bonds. The van der Waals surface area contributed by atoms with E-state index in [1.807, 2.05) is 12.1 Å². The van der Waals surface area contributed by atoms with Crippen molar-refractivity contribution in [2.75, 3.05) is 6.26 Å². The first-order valence-electron chi connectivity index (χ1n) is 9.71. The van der Waals surface area contributed by atoms with E-state index in [1.165, 1.54) is 0 Å². The van der Waals surface area contributed by atoms with Crippen LogP contribution in [-0.4, -0.2) is 40.9 Å². The second kappa shape index (κ2) is 7.21. The molecule has 0 aliphatic heterocycles. The Kier molecular flexibility index (Phi) is 4.90. The zero-order valence-electron chi connectivity index (χ0n) is 17.6. The number of primary amides is 1. The maximum atomic E-state index is 12.8. The molecule has 2 heterocycles. The van der Waals surface area contributed by atoms with Crippen molar-refractivity contribution < 1.29 is 22.8 Å². The summed E-state index contributed by atoms with van der Waals surface area (Å²) in [5.74, 6) is -0.158. The smallest absolute Gasteiger partial charge is 0.250 e. The number of carbonyl (C=O) groups is 1. The minimum absolute atomic E-state index is 0.0891. The number of aliphatic hydroxyl groups excluding tert-OH is 1. The lowest BCUT2D eigenvalue weighted by Crippen LogP contribution is -2.16. The minimum Gasteiger partial charge on any atom is -0.393 e. The van der Waals surface area contributed by atoms with Gasteiger partial charge in [0.15, 0.2) is 0 Å². The number of nitrogens with zero attached hydrogens (tertiary/aromatic N) is 2. The summed E-state index contributed by atoms with van der Waals surface area (Å²) in [6.45, 7) is 5.23. The Morgan fingerprint density at radius 2 is 1.94 bits per heavy atom. The van der Waals surface area contributed by atoms with Crippen molar-refractivity contribution in [1.82, 2.24) is 9.13 Å². The predicted molar refractivity (Wildman–Crippen MR) is 119 cm³/mol. The Hall–Kier alpha value is -3.17. The van der Waals surface area contributed by atoms with Gasteiger partial charge in [0.05, 0.1) is 34.7 Å². The Labute approximate surface area is 179 Å². The molecule has 2 aromatic carbocycles. The molecule has 0 aliphatic carbocycles. The summed E-state index contributed by atoms with van der Waals surface area (Å²) in [6, 6.07) is 8.77. The van der Waals surface area contributed by atoms with Gasteiger partial charge in [0.1, 0.15) is 5.76 Å². The van der Waals surface area contributed by atoms with Gasteiger partial charge in [0.2, 0.25) is 10.0 Å². The molecule has 4 rings (SSSR count). The van der Waals surface area contributed by atoms with E-state index < -0.39 is 22.0 Å².